The van der Waals surface area contributed by atoms with Crippen LogP contribution in [0.1, 0.15) is 23.0 Å². The molecule has 4 nitrogen and oxygen atoms in total. The molecule has 1 atom stereocenters. The highest BCUT2D eigenvalue weighted by atomic mass is 16.5. The van der Waals surface area contributed by atoms with Crippen LogP contribution in [-0.2, 0) is 13.0 Å². The molecular formula is C17H17N3O. The number of hydrogen-bond acceptors (Lipinski definition) is 4. The number of nitrogens with zero attached hydrogens (tertiary/aromatic N) is 2. The number of benzene rings is 2. The second kappa shape index (κ2) is 6.81. The molecule has 0 saturated heterocycles. The van der Waals surface area contributed by atoms with Crippen LogP contribution in [0.4, 0.5) is 0 Å². The Labute approximate surface area is 123 Å². The maximum atomic E-state index is 4.77. The highest BCUT2D eigenvalue weighted by Crippen LogP contribution is 2.18. The minimum atomic E-state index is 0.215. The summed E-state index contributed by atoms with van der Waals surface area (Å²) >= 11 is 0. The minimum absolute atomic E-state index is 0.215. The molecule has 0 radical (unpaired) electrons. The summed E-state index contributed by atoms with van der Waals surface area (Å²) in [5.41, 5.74) is 2.55. The van der Waals surface area contributed by atoms with Gasteiger partial charge in [0.2, 0.25) is 6.39 Å². The smallest absolute Gasteiger partial charge is 0.213 e. The fraction of sp³-hybridized carbons (Fsp3) is 0.176. The van der Waals surface area contributed by atoms with Crippen molar-refractivity contribution in [1.82, 2.24) is 15.5 Å². The average Bonchev–Trinajstić information content (AvgIpc) is 3.07. The summed E-state index contributed by atoms with van der Waals surface area (Å²) in [5, 5.41) is 7.34. The van der Waals surface area contributed by atoms with Crippen molar-refractivity contribution in [3.05, 3.63) is 84.0 Å². The maximum Gasteiger partial charge on any atom is 0.213 e. The van der Waals surface area contributed by atoms with Gasteiger partial charge in [-0.3, -0.25) is 0 Å². The molecule has 2 aromatic carbocycles. The molecule has 0 aliphatic rings. The molecule has 106 valence electrons. The van der Waals surface area contributed by atoms with Crippen molar-refractivity contribution >= 4 is 0 Å². The SMILES string of the molecule is c1ccc(CC(NCc2ncon2)c2ccccc2)cc1. The van der Waals surface area contributed by atoms with Gasteiger partial charge in [-0.1, -0.05) is 65.8 Å². The largest absolute Gasteiger partial charge is 0.343 e. The summed E-state index contributed by atoms with van der Waals surface area (Å²) in [4.78, 5) is 4.05. The van der Waals surface area contributed by atoms with Crippen molar-refractivity contribution in [3.8, 4) is 0 Å². The first-order valence-corrected chi connectivity index (χ1v) is 6.99. The lowest BCUT2D eigenvalue weighted by Crippen LogP contribution is -2.23. The van der Waals surface area contributed by atoms with Crippen LogP contribution in [0.5, 0.6) is 0 Å². The quantitative estimate of drug-likeness (QED) is 0.753. The van der Waals surface area contributed by atoms with E-state index in [1.165, 1.54) is 17.5 Å². The zero-order valence-corrected chi connectivity index (χ0v) is 11.6. The molecule has 1 aromatic heterocycles. The van der Waals surface area contributed by atoms with Crippen LogP contribution in [0, 0.1) is 0 Å². The lowest BCUT2D eigenvalue weighted by atomic mass is 9.99. The van der Waals surface area contributed by atoms with E-state index in [4.69, 9.17) is 4.52 Å². The Balaban J connectivity index is 1.74. The molecule has 1 unspecified atom stereocenters. The third-order valence-electron chi connectivity index (χ3n) is 3.40. The van der Waals surface area contributed by atoms with E-state index in [1.54, 1.807) is 0 Å². The summed E-state index contributed by atoms with van der Waals surface area (Å²) in [5.74, 6) is 0.670. The first-order chi connectivity index (χ1) is 10.4. The van der Waals surface area contributed by atoms with Gasteiger partial charge in [0.15, 0.2) is 5.82 Å². The lowest BCUT2D eigenvalue weighted by Gasteiger charge is -2.18. The van der Waals surface area contributed by atoms with E-state index in [-0.39, 0.29) is 6.04 Å². The summed E-state index contributed by atoms with van der Waals surface area (Å²) in [6, 6.07) is 21.1. The lowest BCUT2D eigenvalue weighted by molar-refractivity contribution is 0.403. The van der Waals surface area contributed by atoms with Crippen LogP contribution in [0.3, 0.4) is 0 Å². The van der Waals surface area contributed by atoms with Crippen molar-refractivity contribution in [1.29, 1.82) is 0 Å². The Morgan fingerprint density at radius 1 is 0.952 bits per heavy atom. The standard InChI is InChI=1S/C17H17N3O/c1-3-7-14(8-4-1)11-16(15-9-5-2-6-10-15)18-12-17-19-13-21-20-17/h1-10,13,16,18H,11-12H2. The first kappa shape index (κ1) is 13.5. The van der Waals surface area contributed by atoms with E-state index < -0.39 is 0 Å². The van der Waals surface area contributed by atoms with Gasteiger partial charge >= 0.3 is 0 Å². The fourth-order valence-electron chi connectivity index (χ4n) is 2.33. The van der Waals surface area contributed by atoms with Crippen LogP contribution in [0.25, 0.3) is 0 Å². The van der Waals surface area contributed by atoms with E-state index in [2.05, 4.69) is 64.0 Å². The van der Waals surface area contributed by atoms with Gasteiger partial charge in [-0.25, -0.2) is 0 Å². The third-order valence-corrected chi connectivity index (χ3v) is 3.40. The predicted molar refractivity (Wildman–Crippen MR) is 80.5 cm³/mol. The molecule has 0 saturated carbocycles. The van der Waals surface area contributed by atoms with Crippen LogP contribution in [0.2, 0.25) is 0 Å². The summed E-state index contributed by atoms with van der Waals surface area (Å²) in [6.07, 6.45) is 2.27. The molecule has 0 fully saturated rings. The Bertz CT molecular complexity index is 638. The van der Waals surface area contributed by atoms with Crippen molar-refractivity contribution in [2.24, 2.45) is 0 Å². The zero-order chi connectivity index (χ0) is 14.3. The molecule has 0 aliphatic carbocycles. The number of rotatable bonds is 6. The summed E-state index contributed by atoms with van der Waals surface area (Å²) < 4.78 is 4.77. The molecule has 1 heterocycles. The molecule has 1 N–H and O–H groups in total. The Morgan fingerprint density at radius 2 is 1.67 bits per heavy atom. The Morgan fingerprint density at radius 3 is 2.33 bits per heavy atom. The van der Waals surface area contributed by atoms with E-state index in [9.17, 15) is 0 Å². The van der Waals surface area contributed by atoms with Gasteiger partial charge in [-0.15, -0.1) is 0 Å². The number of nitrogens with one attached hydrogen (secondary N) is 1. The van der Waals surface area contributed by atoms with Gasteiger partial charge in [0, 0.05) is 6.04 Å². The predicted octanol–water partition coefficient (Wildman–Crippen LogP) is 3.14. The van der Waals surface area contributed by atoms with Gasteiger partial charge < -0.3 is 9.84 Å². The van der Waals surface area contributed by atoms with Crippen LogP contribution in [0.15, 0.2) is 71.6 Å². The first-order valence-electron chi connectivity index (χ1n) is 6.99. The van der Waals surface area contributed by atoms with Crippen LogP contribution < -0.4 is 5.32 Å². The van der Waals surface area contributed by atoms with Crippen LogP contribution in [-0.4, -0.2) is 10.1 Å². The second-order valence-corrected chi connectivity index (χ2v) is 4.88. The van der Waals surface area contributed by atoms with E-state index in [0.717, 1.165) is 6.42 Å². The molecule has 21 heavy (non-hydrogen) atoms. The van der Waals surface area contributed by atoms with Gasteiger partial charge in [0.25, 0.3) is 0 Å². The summed E-state index contributed by atoms with van der Waals surface area (Å²) in [6.45, 7) is 0.586. The van der Waals surface area contributed by atoms with E-state index in [1.807, 2.05) is 12.1 Å². The van der Waals surface area contributed by atoms with Crippen molar-refractivity contribution in [2.75, 3.05) is 0 Å². The fourth-order valence-corrected chi connectivity index (χ4v) is 2.33. The molecule has 0 aliphatic heterocycles. The monoisotopic (exact) mass is 279 g/mol. The van der Waals surface area contributed by atoms with E-state index >= 15 is 0 Å². The molecule has 0 amide bonds. The topological polar surface area (TPSA) is 51.0 Å². The maximum absolute atomic E-state index is 4.77. The number of aromatic nitrogens is 2. The average molecular weight is 279 g/mol. The van der Waals surface area contributed by atoms with Gasteiger partial charge in [0.05, 0.1) is 6.54 Å². The van der Waals surface area contributed by atoms with E-state index in [0.29, 0.717) is 12.4 Å². The molecule has 3 rings (SSSR count). The van der Waals surface area contributed by atoms with Crippen molar-refractivity contribution in [2.45, 2.75) is 19.0 Å². The normalized spacial score (nSPS) is 12.2. The Kier molecular flexibility index (Phi) is 4.39. The molecule has 3 aromatic rings. The highest BCUT2D eigenvalue weighted by Gasteiger charge is 2.12. The Hall–Kier alpha value is -2.46. The highest BCUT2D eigenvalue weighted by molar-refractivity contribution is 5.23. The van der Waals surface area contributed by atoms with Crippen molar-refractivity contribution < 1.29 is 4.52 Å². The van der Waals surface area contributed by atoms with Crippen LogP contribution >= 0.6 is 0 Å². The molecule has 0 bridgehead atoms. The van der Waals surface area contributed by atoms with Gasteiger partial charge in [0.1, 0.15) is 0 Å². The molecule has 4 heteroatoms. The van der Waals surface area contributed by atoms with Gasteiger partial charge in [-0.05, 0) is 17.5 Å². The second-order valence-electron chi connectivity index (χ2n) is 4.88. The van der Waals surface area contributed by atoms with Crippen molar-refractivity contribution in [3.63, 3.8) is 0 Å². The molecular weight excluding hydrogens is 262 g/mol. The summed E-state index contributed by atoms with van der Waals surface area (Å²) in [7, 11) is 0. The molecule has 0 spiro atoms. The number of hydrogen-bond donors (Lipinski definition) is 1. The third kappa shape index (κ3) is 3.77. The minimum Gasteiger partial charge on any atom is -0.343 e. The van der Waals surface area contributed by atoms with Gasteiger partial charge in [-0.2, -0.15) is 4.98 Å². The zero-order valence-electron chi connectivity index (χ0n) is 11.6.